The molecule has 4 heteroatoms. The lowest BCUT2D eigenvalue weighted by atomic mass is 9.86. The van der Waals surface area contributed by atoms with Crippen molar-refractivity contribution < 1.29 is 9.53 Å². The van der Waals surface area contributed by atoms with Crippen LogP contribution >= 0.6 is 0 Å². The molecule has 0 radical (unpaired) electrons. The normalized spacial score (nSPS) is 20.8. The fourth-order valence-electron chi connectivity index (χ4n) is 4.63. The summed E-state index contributed by atoms with van der Waals surface area (Å²) in [4.78, 5) is 20.0. The zero-order valence-corrected chi connectivity index (χ0v) is 16.8. The minimum absolute atomic E-state index is 0.256. The van der Waals surface area contributed by atoms with Crippen molar-refractivity contribution in [3.63, 3.8) is 0 Å². The van der Waals surface area contributed by atoms with Gasteiger partial charge in [-0.15, -0.1) is 0 Å². The Bertz CT molecular complexity index is 797. The number of hydrogen-bond acceptors (Lipinski definition) is 3. The number of methoxy groups -OCH3 is 1. The molecule has 2 aromatic rings. The summed E-state index contributed by atoms with van der Waals surface area (Å²) in [7, 11) is 1.68. The summed E-state index contributed by atoms with van der Waals surface area (Å²) in [5.41, 5.74) is 3.18. The van der Waals surface area contributed by atoms with Gasteiger partial charge in [0.1, 0.15) is 5.75 Å². The molecule has 1 amide bonds. The van der Waals surface area contributed by atoms with Crippen molar-refractivity contribution in [2.24, 2.45) is 5.92 Å². The second-order valence-corrected chi connectivity index (χ2v) is 8.13. The Balaban J connectivity index is 1.48. The molecule has 1 aromatic heterocycles. The molecule has 0 spiro atoms. The Kier molecular flexibility index (Phi) is 5.94. The number of ether oxygens (including phenoxy) is 1. The number of hydrogen-bond donors (Lipinski definition) is 0. The molecule has 1 aliphatic heterocycles. The first-order valence-corrected chi connectivity index (χ1v) is 10.6. The minimum Gasteiger partial charge on any atom is -0.497 e. The Labute approximate surface area is 167 Å². The maximum Gasteiger partial charge on any atom is 0.225 e. The Morgan fingerprint density at radius 2 is 1.79 bits per heavy atom. The topological polar surface area (TPSA) is 42.4 Å². The van der Waals surface area contributed by atoms with E-state index in [9.17, 15) is 4.79 Å². The van der Waals surface area contributed by atoms with E-state index in [0.717, 1.165) is 61.5 Å². The molecule has 0 bridgehead atoms. The van der Waals surface area contributed by atoms with Crippen molar-refractivity contribution in [3.8, 4) is 17.0 Å². The number of nitrogens with zero attached hydrogens (tertiary/aromatic N) is 2. The van der Waals surface area contributed by atoms with E-state index in [2.05, 4.69) is 23.1 Å². The highest BCUT2D eigenvalue weighted by atomic mass is 16.5. The third-order valence-corrected chi connectivity index (χ3v) is 6.26. The van der Waals surface area contributed by atoms with Gasteiger partial charge >= 0.3 is 0 Å². The fourth-order valence-corrected chi connectivity index (χ4v) is 4.63. The van der Waals surface area contributed by atoms with Crippen LogP contribution in [0.5, 0.6) is 5.75 Å². The quantitative estimate of drug-likeness (QED) is 0.748. The maximum absolute atomic E-state index is 13.0. The molecule has 1 aromatic carbocycles. The van der Waals surface area contributed by atoms with Crippen LogP contribution in [-0.2, 0) is 4.79 Å². The smallest absolute Gasteiger partial charge is 0.225 e. The van der Waals surface area contributed by atoms with Crippen molar-refractivity contribution in [2.75, 3.05) is 20.2 Å². The second kappa shape index (κ2) is 8.76. The van der Waals surface area contributed by atoms with Crippen molar-refractivity contribution in [1.82, 2.24) is 9.88 Å². The predicted molar refractivity (Wildman–Crippen MR) is 111 cm³/mol. The first-order valence-electron chi connectivity index (χ1n) is 10.6. The summed E-state index contributed by atoms with van der Waals surface area (Å²) in [6.45, 7) is 1.72. The van der Waals surface area contributed by atoms with Crippen LogP contribution < -0.4 is 4.74 Å². The van der Waals surface area contributed by atoms with E-state index in [1.807, 2.05) is 24.3 Å². The highest BCUT2D eigenvalue weighted by Gasteiger charge is 2.30. The predicted octanol–water partition coefficient (Wildman–Crippen LogP) is 5.04. The summed E-state index contributed by atoms with van der Waals surface area (Å²) in [5.74, 6) is 1.82. The highest BCUT2D eigenvalue weighted by Crippen LogP contribution is 2.31. The van der Waals surface area contributed by atoms with Crippen molar-refractivity contribution in [2.45, 2.75) is 50.9 Å². The molecule has 1 saturated carbocycles. The van der Waals surface area contributed by atoms with Crippen LogP contribution in [0.2, 0.25) is 0 Å². The van der Waals surface area contributed by atoms with E-state index < -0.39 is 0 Å². The molecule has 4 nitrogen and oxygen atoms in total. The number of piperidine rings is 1. The summed E-state index contributed by atoms with van der Waals surface area (Å²) in [6.07, 6.45) is 8.02. The summed E-state index contributed by atoms with van der Waals surface area (Å²) < 4.78 is 5.25. The molecule has 0 unspecified atom stereocenters. The Morgan fingerprint density at radius 1 is 1.00 bits per heavy atom. The van der Waals surface area contributed by atoms with E-state index >= 15 is 0 Å². The number of rotatable bonds is 4. The van der Waals surface area contributed by atoms with Crippen LogP contribution in [0.4, 0.5) is 0 Å². The summed E-state index contributed by atoms with van der Waals surface area (Å²) in [6, 6.07) is 14.3. The average Bonchev–Trinajstić information content (AvgIpc) is 2.79. The number of pyridine rings is 1. The van der Waals surface area contributed by atoms with E-state index in [1.165, 1.54) is 19.3 Å². The fraction of sp³-hybridized carbons (Fsp3) is 0.500. The third kappa shape index (κ3) is 4.21. The molecule has 2 heterocycles. The van der Waals surface area contributed by atoms with Crippen LogP contribution in [0.3, 0.4) is 0 Å². The number of amides is 1. The molecule has 148 valence electrons. The molecule has 2 fully saturated rings. The van der Waals surface area contributed by atoms with E-state index in [1.54, 1.807) is 7.11 Å². The highest BCUT2D eigenvalue weighted by molar-refractivity contribution is 5.79. The number of benzene rings is 1. The van der Waals surface area contributed by atoms with Gasteiger partial charge < -0.3 is 9.64 Å². The molecule has 4 rings (SSSR count). The molecule has 2 aliphatic rings. The van der Waals surface area contributed by atoms with Gasteiger partial charge in [-0.3, -0.25) is 9.78 Å². The van der Waals surface area contributed by atoms with Crippen molar-refractivity contribution in [3.05, 3.63) is 48.2 Å². The zero-order chi connectivity index (χ0) is 19.3. The number of carbonyl (C=O) groups excluding carboxylic acids is 1. The number of likely N-dealkylation sites (tertiary alicyclic amines) is 1. The van der Waals surface area contributed by atoms with Gasteiger partial charge in [0.05, 0.1) is 12.8 Å². The first kappa shape index (κ1) is 19.0. The standard InChI is InChI=1S/C24H30N2O2/c1-28-21-14-12-18(13-15-21)22-10-5-11-23(25-22)20-9-6-16-26(17-20)24(27)19-7-3-2-4-8-19/h5,10-15,19-20H,2-4,6-9,16-17H2,1H3/t20-/m0/s1. The molecule has 28 heavy (non-hydrogen) atoms. The molecular weight excluding hydrogens is 348 g/mol. The van der Waals surface area contributed by atoms with Crippen molar-refractivity contribution in [1.29, 1.82) is 0 Å². The van der Waals surface area contributed by atoms with Gasteiger partial charge in [0.2, 0.25) is 5.91 Å². The van der Waals surface area contributed by atoms with Crippen LogP contribution in [-0.4, -0.2) is 36.0 Å². The SMILES string of the molecule is COc1ccc(-c2cccc([C@H]3CCCN(C(=O)C4CCCCC4)C3)n2)cc1. The van der Waals surface area contributed by atoms with Gasteiger partial charge in [0.25, 0.3) is 0 Å². The minimum atomic E-state index is 0.256. The summed E-state index contributed by atoms with van der Waals surface area (Å²) in [5, 5.41) is 0. The Morgan fingerprint density at radius 3 is 2.54 bits per heavy atom. The maximum atomic E-state index is 13.0. The van der Waals surface area contributed by atoms with Gasteiger partial charge in [-0.25, -0.2) is 0 Å². The lowest BCUT2D eigenvalue weighted by Gasteiger charge is -2.35. The lowest BCUT2D eigenvalue weighted by molar-refractivity contribution is -0.137. The van der Waals surface area contributed by atoms with Crippen LogP contribution in [0.1, 0.15) is 56.6 Å². The molecule has 1 atom stereocenters. The van der Waals surface area contributed by atoms with Gasteiger partial charge in [-0.2, -0.15) is 0 Å². The number of carbonyl (C=O) groups is 1. The molecule has 0 N–H and O–H groups in total. The van der Waals surface area contributed by atoms with Crippen LogP contribution in [0.25, 0.3) is 11.3 Å². The second-order valence-electron chi connectivity index (χ2n) is 8.13. The van der Waals surface area contributed by atoms with Crippen molar-refractivity contribution >= 4 is 5.91 Å². The molecule has 1 saturated heterocycles. The van der Waals surface area contributed by atoms with Gasteiger partial charge in [0, 0.05) is 36.2 Å². The van der Waals surface area contributed by atoms with Gasteiger partial charge in [-0.1, -0.05) is 25.3 Å². The van der Waals surface area contributed by atoms with Crippen LogP contribution in [0.15, 0.2) is 42.5 Å². The lowest BCUT2D eigenvalue weighted by Crippen LogP contribution is -2.43. The number of aromatic nitrogens is 1. The van der Waals surface area contributed by atoms with Gasteiger partial charge in [0.15, 0.2) is 0 Å². The molecule has 1 aliphatic carbocycles. The largest absolute Gasteiger partial charge is 0.497 e. The van der Waals surface area contributed by atoms with Crippen LogP contribution in [0, 0.1) is 5.92 Å². The zero-order valence-electron chi connectivity index (χ0n) is 16.8. The first-order chi connectivity index (χ1) is 13.7. The Hall–Kier alpha value is -2.36. The summed E-state index contributed by atoms with van der Waals surface area (Å²) >= 11 is 0. The monoisotopic (exact) mass is 378 g/mol. The molecular formula is C24H30N2O2. The van der Waals surface area contributed by atoms with E-state index in [4.69, 9.17) is 9.72 Å². The average molecular weight is 379 g/mol. The van der Waals surface area contributed by atoms with E-state index in [-0.39, 0.29) is 5.92 Å². The van der Waals surface area contributed by atoms with E-state index in [0.29, 0.717) is 11.8 Å². The third-order valence-electron chi connectivity index (χ3n) is 6.26. The van der Waals surface area contributed by atoms with Gasteiger partial charge in [-0.05, 0) is 62.1 Å².